The van der Waals surface area contributed by atoms with Crippen molar-refractivity contribution in [2.75, 3.05) is 66.1 Å². The molecular weight excluding hydrogens is 384 g/mol. The highest BCUT2D eigenvalue weighted by Crippen LogP contribution is 2.42. The lowest BCUT2D eigenvalue weighted by atomic mass is 9.70. The van der Waals surface area contributed by atoms with E-state index in [1.807, 2.05) is 0 Å². The van der Waals surface area contributed by atoms with E-state index in [0.717, 1.165) is 71.7 Å². The minimum absolute atomic E-state index is 0.0960. The second-order valence-corrected chi connectivity index (χ2v) is 10.5. The third kappa shape index (κ3) is 5.05. The lowest BCUT2D eigenvalue weighted by Crippen LogP contribution is -2.53. The minimum Gasteiger partial charge on any atom is -0.392 e. The van der Waals surface area contributed by atoms with Gasteiger partial charge < -0.3 is 28.8 Å². The van der Waals surface area contributed by atoms with Crippen molar-refractivity contribution in [3.63, 3.8) is 0 Å². The number of aliphatic hydroxyl groups excluding tert-OH is 1. The van der Waals surface area contributed by atoms with E-state index in [2.05, 4.69) is 27.7 Å². The third-order valence-electron chi connectivity index (χ3n) is 8.33. The molecule has 0 saturated carbocycles. The minimum atomic E-state index is -0.475. The third-order valence-corrected chi connectivity index (χ3v) is 8.33. The Morgan fingerprint density at radius 2 is 1.13 bits per heavy atom. The van der Waals surface area contributed by atoms with Gasteiger partial charge in [0, 0.05) is 21.7 Å². The van der Waals surface area contributed by atoms with E-state index in [4.69, 9.17) is 23.7 Å². The molecule has 6 heteroatoms. The average Bonchev–Trinajstić information content (AvgIpc) is 2.67. The van der Waals surface area contributed by atoms with E-state index < -0.39 is 11.5 Å². The molecule has 0 aromatic rings. The van der Waals surface area contributed by atoms with Crippen LogP contribution in [0.5, 0.6) is 0 Å². The molecule has 0 aromatic carbocycles. The van der Waals surface area contributed by atoms with E-state index in [-0.39, 0.29) is 16.2 Å². The molecule has 6 nitrogen and oxygen atoms in total. The maximum atomic E-state index is 11.4. The Labute approximate surface area is 182 Å². The summed E-state index contributed by atoms with van der Waals surface area (Å²) in [6, 6.07) is 0. The highest BCUT2D eigenvalue weighted by Gasteiger charge is 2.47. The van der Waals surface area contributed by atoms with Crippen molar-refractivity contribution >= 4 is 0 Å². The molecular formula is C24H44O6. The number of ether oxygens (including phenoxy) is 5. The predicted molar refractivity (Wildman–Crippen MR) is 116 cm³/mol. The Bertz CT molecular complexity index is 479. The van der Waals surface area contributed by atoms with E-state index >= 15 is 0 Å². The summed E-state index contributed by atoms with van der Waals surface area (Å²) in [4.78, 5) is 0. The fourth-order valence-electron chi connectivity index (χ4n) is 4.66. The summed E-state index contributed by atoms with van der Waals surface area (Å²) in [6.45, 7) is 15.7. The van der Waals surface area contributed by atoms with Gasteiger partial charge >= 0.3 is 0 Å². The van der Waals surface area contributed by atoms with E-state index in [1.54, 1.807) is 0 Å². The Balaban J connectivity index is 1.63. The van der Waals surface area contributed by atoms with Crippen LogP contribution in [0.1, 0.15) is 59.8 Å². The van der Waals surface area contributed by atoms with Crippen LogP contribution >= 0.6 is 0 Å². The highest BCUT2D eigenvalue weighted by molar-refractivity contribution is 4.95. The van der Waals surface area contributed by atoms with Crippen molar-refractivity contribution in [1.29, 1.82) is 0 Å². The summed E-state index contributed by atoms with van der Waals surface area (Å²) in [5.41, 5.74) is -0.0177. The molecule has 0 aliphatic carbocycles. The average molecular weight is 429 g/mol. The first kappa shape index (κ1) is 24.4. The molecule has 1 atom stereocenters. The van der Waals surface area contributed by atoms with Gasteiger partial charge in [0.1, 0.15) is 0 Å². The Morgan fingerprint density at radius 3 is 1.40 bits per heavy atom. The molecule has 3 saturated heterocycles. The Hall–Kier alpha value is -0.240. The predicted octanol–water partition coefficient (Wildman–Crippen LogP) is 3.45. The van der Waals surface area contributed by atoms with Crippen molar-refractivity contribution in [3.05, 3.63) is 0 Å². The fraction of sp³-hybridized carbons (Fsp3) is 1.00. The molecule has 3 heterocycles. The number of hydrogen-bond donors (Lipinski definition) is 1. The lowest BCUT2D eigenvalue weighted by Gasteiger charge is -2.47. The van der Waals surface area contributed by atoms with Gasteiger partial charge in [-0.1, -0.05) is 27.7 Å². The molecule has 0 amide bonds. The molecule has 3 rings (SSSR count). The molecule has 0 radical (unpaired) electrons. The van der Waals surface area contributed by atoms with Gasteiger partial charge in [0.05, 0.1) is 72.2 Å². The molecule has 0 bridgehead atoms. The second kappa shape index (κ2) is 10.1. The number of hydrogen-bond acceptors (Lipinski definition) is 6. The first-order chi connectivity index (χ1) is 14.4. The Kier molecular flexibility index (Phi) is 8.25. The molecule has 0 aromatic heterocycles. The topological polar surface area (TPSA) is 66.4 Å². The first-order valence-electron chi connectivity index (χ1n) is 12.0. The van der Waals surface area contributed by atoms with Gasteiger partial charge in [-0.15, -0.1) is 0 Å². The highest BCUT2D eigenvalue weighted by atomic mass is 16.5. The molecule has 3 aliphatic heterocycles. The van der Waals surface area contributed by atoms with Crippen molar-refractivity contribution in [2.45, 2.75) is 65.9 Å². The molecule has 30 heavy (non-hydrogen) atoms. The molecule has 3 fully saturated rings. The largest absolute Gasteiger partial charge is 0.392 e. The van der Waals surface area contributed by atoms with Crippen LogP contribution in [0.15, 0.2) is 0 Å². The van der Waals surface area contributed by atoms with Crippen LogP contribution in [0.3, 0.4) is 0 Å². The SMILES string of the molecule is CCC1(COCC(CC)(COCC2(CC)COC2)C(O)CC2(CC)COC2)COC1. The smallest absolute Gasteiger partial charge is 0.0647 e. The van der Waals surface area contributed by atoms with E-state index in [1.165, 1.54) is 0 Å². The van der Waals surface area contributed by atoms with Gasteiger partial charge in [0.15, 0.2) is 0 Å². The summed E-state index contributed by atoms with van der Waals surface area (Å²) in [5.74, 6) is 0. The summed E-state index contributed by atoms with van der Waals surface area (Å²) < 4.78 is 28.9. The lowest BCUT2D eigenvalue weighted by molar-refractivity contribution is -0.194. The molecule has 1 N–H and O–H groups in total. The van der Waals surface area contributed by atoms with Crippen LogP contribution in [0.2, 0.25) is 0 Å². The second-order valence-electron chi connectivity index (χ2n) is 10.5. The summed E-state index contributed by atoms with van der Waals surface area (Å²) >= 11 is 0. The van der Waals surface area contributed by atoms with Crippen LogP contribution in [0.4, 0.5) is 0 Å². The van der Waals surface area contributed by atoms with Crippen molar-refractivity contribution in [1.82, 2.24) is 0 Å². The zero-order valence-corrected chi connectivity index (χ0v) is 19.7. The van der Waals surface area contributed by atoms with Gasteiger partial charge in [0.25, 0.3) is 0 Å². The van der Waals surface area contributed by atoms with Gasteiger partial charge in [-0.2, -0.15) is 0 Å². The Morgan fingerprint density at radius 1 is 0.733 bits per heavy atom. The quantitative estimate of drug-likeness (QED) is 0.431. The van der Waals surface area contributed by atoms with Gasteiger partial charge in [-0.3, -0.25) is 0 Å². The monoisotopic (exact) mass is 428 g/mol. The van der Waals surface area contributed by atoms with E-state index in [9.17, 15) is 5.11 Å². The van der Waals surface area contributed by atoms with Gasteiger partial charge in [-0.25, -0.2) is 0 Å². The normalized spacial score (nSPS) is 25.1. The molecule has 0 spiro atoms. The van der Waals surface area contributed by atoms with Crippen LogP contribution in [-0.2, 0) is 23.7 Å². The van der Waals surface area contributed by atoms with Gasteiger partial charge in [-0.05, 0) is 32.1 Å². The van der Waals surface area contributed by atoms with Crippen LogP contribution in [-0.4, -0.2) is 77.3 Å². The molecule has 176 valence electrons. The van der Waals surface area contributed by atoms with Crippen molar-refractivity contribution < 1.29 is 28.8 Å². The van der Waals surface area contributed by atoms with Crippen LogP contribution < -0.4 is 0 Å². The summed E-state index contributed by atoms with van der Waals surface area (Å²) in [6.07, 6.45) is 4.23. The fourth-order valence-corrected chi connectivity index (χ4v) is 4.66. The van der Waals surface area contributed by atoms with Crippen LogP contribution in [0, 0.1) is 21.7 Å². The van der Waals surface area contributed by atoms with Crippen molar-refractivity contribution in [3.8, 4) is 0 Å². The maximum absolute atomic E-state index is 11.4. The zero-order valence-electron chi connectivity index (χ0n) is 19.7. The summed E-state index contributed by atoms with van der Waals surface area (Å²) in [7, 11) is 0. The van der Waals surface area contributed by atoms with Crippen LogP contribution in [0.25, 0.3) is 0 Å². The standard InChI is InChI=1S/C24H44O6/c1-5-21(10-26-11-21)9-20(25)24(8-4,18-29-16-22(6-2)12-27-13-22)19-30-17-23(7-3)14-28-15-23/h20,25H,5-19H2,1-4H3. The first-order valence-corrected chi connectivity index (χ1v) is 12.0. The number of rotatable bonds is 15. The maximum Gasteiger partial charge on any atom is 0.0647 e. The van der Waals surface area contributed by atoms with Crippen molar-refractivity contribution in [2.24, 2.45) is 21.7 Å². The number of aliphatic hydroxyl groups is 1. The molecule has 3 aliphatic rings. The zero-order chi connectivity index (χ0) is 21.7. The van der Waals surface area contributed by atoms with Gasteiger partial charge in [0.2, 0.25) is 0 Å². The molecule has 1 unspecified atom stereocenters. The van der Waals surface area contributed by atoms with E-state index in [0.29, 0.717) is 26.4 Å². The summed E-state index contributed by atoms with van der Waals surface area (Å²) in [5, 5.41) is 11.4.